The summed E-state index contributed by atoms with van der Waals surface area (Å²) in [5.74, 6) is 0.943. The van der Waals surface area contributed by atoms with Gasteiger partial charge in [0.05, 0.1) is 0 Å². The van der Waals surface area contributed by atoms with E-state index in [2.05, 4.69) is 11.6 Å². The van der Waals surface area contributed by atoms with Crippen LogP contribution in [0.15, 0.2) is 0 Å². The average Bonchev–Trinajstić information content (AvgIpc) is 2.16. The molecule has 0 aliphatic carbocycles. The molecule has 6 heteroatoms. The molecule has 1 rings (SSSR count). The first-order valence-corrected chi connectivity index (χ1v) is 6.84. The molecule has 0 unspecified atom stereocenters. The van der Waals surface area contributed by atoms with Gasteiger partial charge in [0.2, 0.25) is 0 Å². The maximum atomic E-state index is 11.6. The van der Waals surface area contributed by atoms with Gasteiger partial charge in [-0.1, -0.05) is 6.92 Å². The van der Waals surface area contributed by atoms with Gasteiger partial charge in [-0.25, -0.2) is 4.72 Å². The molecule has 84 valence electrons. The first-order valence-electron chi connectivity index (χ1n) is 4.87. The molecule has 14 heavy (non-hydrogen) atoms. The van der Waals surface area contributed by atoms with Crippen molar-refractivity contribution in [3.63, 3.8) is 0 Å². The smallest absolute Gasteiger partial charge is 0.201 e. The number of halogens is 1. The number of nitrogens with zero attached hydrogens (tertiary/aromatic N) is 1. The highest BCUT2D eigenvalue weighted by Crippen LogP contribution is 2.17. The summed E-state index contributed by atoms with van der Waals surface area (Å²) in [5.41, 5.74) is 0. The summed E-state index contributed by atoms with van der Waals surface area (Å²) >= 11 is 5.42. The molecule has 0 amide bonds. The fraction of sp³-hybridized carbons (Fsp3) is 1.00. The van der Waals surface area contributed by atoms with Gasteiger partial charge in [0.25, 0.3) is 10.2 Å². The second kappa shape index (κ2) is 5.30. The van der Waals surface area contributed by atoms with E-state index in [-0.39, 0.29) is 0 Å². The SMILES string of the molecule is CC1CCN(S(=O)(=O)NCCCl)CC1. The average molecular weight is 241 g/mol. The van der Waals surface area contributed by atoms with E-state index in [1.165, 1.54) is 4.31 Å². The number of hydrogen-bond donors (Lipinski definition) is 1. The zero-order chi connectivity index (χ0) is 10.6. The first kappa shape index (κ1) is 12.2. The van der Waals surface area contributed by atoms with Gasteiger partial charge in [-0.2, -0.15) is 12.7 Å². The molecular formula is C8H17ClN2O2S. The third-order valence-electron chi connectivity index (χ3n) is 2.46. The molecule has 1 saturated heterocycles. The van der Waals surface area contributed by atoms with Crippen LogP contribution in [0.3, 0.4) is 0 Å². The summed E-state index contributed by atoms with van der Waals surface area (Å²) in [7, 11) is -3.27. The Morgan fingerprint density at radius 3 is 2.50 bits per heavy atom. The number of alkyl halides is 1. The molecule has 1 fully saturated rings. The van der Waals surface area contributed by atoms with Gasteiger partial charge in [0.1, 0.15) is 0 Å². The Morgan fingerprint density at radius 2 is 2.00 bits per heavy atom. The highest BCUT2D eigenvalue weighted by atomic mass is 35.5. The molecule has 0 aromatic rings. The predicted octanol–water partition coefficient (Wildman–Crippen LogP) is 0.792. The van der Waals surface area contributed by atoms with Crippen LogP contribution >= 0.6 is 11.6 Å². The number of rotatable bonds is 4. The van der Waals surface area contributed by atoms with Crippen LogP contribution in [0, 0.1) is 5.92 Å². The number of piperidine rings is 1. The van der Waals surface area contributed by atoms with Gasteiger partial charge in [-0.3, -0.25) is 0 Å². The summed E-state index contributed by atoms with van der Waals surface area (Å²) < 4.78 is 27.2. The Balaban J connectivity index is 2.47. The molecule has 4 nitrogen and oxygen atoms in total. The minimum atomic E-state index is -3.27. The van der Waals surface area contributed by atoms with E-state index in [0.29, 0.717) is 31.4 Å². The van der Waals surface area contributed by atoms with Crippen molar-refractivity contribution in [2.45, 2.75) is 19.8 Å². The lowest BCUT2D eigenvalue weighted by atomic mass is 10.0. The van der Waals surface area contributed by atoms with Crippen molar-refractivity contribution in [2.75, 3.05) is 25.5 Å². The van der Waals surface area contributed by atoms with Crippen molar-refractivity contribution in [1.82, 2.24) is 9.03 Å². The lowest BCUT2D eigenvalue weighted by Gasteiger charge is -2.29. The van der Waals surface area contributed by atoms with Crippen molar-refractivity contribution >= 4 is 21.8 Å². The zero-order valence-corrected chi connectivity index (χ0v) is 9.94. The van der Waals surface area contributed by atoms with Crippen LogP contribution in [0.25, 0.3) is 0 Å². The fourth-order valence-electron chi connectivity index (χ4n) is 1.48. The molecule has 1 N–H and O–H groups in total. The van der Waals surface area contributed by atoms with E-state index in [9.17, 15) is 8.42 Å². The molecule has 0 aromatic heterocycles. The van der Waals surface area contributed by atoms with Crippen LogP contribution in [0.5, 0.6) is 0 Å². The number of hydrogen-bond acceptors (Lipinski definition) is 2. The largest absolute Gasteiger partial charge is 0.279 e. The first-order chi connectivity index (χ1) is 6.56. The normalized spacial score (nSPS) is 21.3. The molecular weight excluding hydrogens is 224 g/mol. The Labute approximate surface area is 90.8 Å². The highest BCUT2D eigenvalue weighted by Gasteiger charge is 2.25. The molecule has 1 heterocycles. The van der Waals surface area contributed by atoms with Gasteiger partial charge in [-0.15, -0.1) is 11.6 Å². The molecule has 1 aliphatic heterocycles. The Morgan fingerprint density at radius 1 is 1.43 bits per heavy atom. The van der Waals surface area contributed by atoms with E-state index in [0.717, 1.165) is 12.8 Å². The van der Waals surface area contributed by atoms with Crippen molar-refractivity contribution in [3.05, 3.63) is 0 Å². The molecule has 0 bridgehead atoms. The third-order valence-corrected chi connectivity index (χ3v) is 4.26. The molecule has 0 saturated carbocycles. The maximum absolute atomic E-state index is 11.6. The van der Waals surface area contributed by atoms with E-state index < -0.39 is 10.2 Å². The lowest BCUT2D eigenvalue weighted by Crippen LogP contribution is -2.45. The minimum absolute atomic E-state index is 0.302. The molecule has 0 aromatic carbocycles. The monoisotopic (exact) mass is 240 g/mol. The van der Waals surface area contributed by atoms with Crippen LogP contribution < -0.4 is 4.72 Å². The summed E-state index contributed by atoms with van der Waals surface area (Å²) in [4.78, 5) is 0. The zero-order valence-electron chi connectivity index (χ0n) is 8.37. The van der Waals surface area contributed by atoms with Crippen LogP contribution in [-0.4, -0.2) is 38.2 Å². The van der Waals surface area contributed by atoms with Gasteiger partial charge in [0, 0.05) is 25.5 Å². The van der Waals surface area contributed by atoms with Crippen molar-refractivity contribution < 1.29 is 8.42 Å². The van der Waals surface area contributed by atoms with E-state index in [4.69, 9.17) is 11.6 Å². The number of nitrogens with one attached hydrogen (secondary N) is 1. The molecule has 1 aliphatic rings. The second-order valence-electron chi connectivity index (χ2n) is 3.67. The maximum Gasteiger partial charge on any atom is 0.279 e. The Hall–Kier alpha value is 0.160. The fourth-order valence-corrected chi connectivity index (χ4v) is 2.92. The van der Waals surface area contributed by atoms with Crippen molar-refractivity contribution in [2.24, 2.45) is 5.92 Å². The van der Waals surface area contributed by atoms with E-state index in [1.807, 2.05) is 0 Å². The van der Waals surface area contributed by atoms with Gasteiger partial charge >= 0.3 is 0 Å². The Kier molecular flexibility index (Phi) is 4.63. The van der Waals surface area contributed by atoms with Crippen LogP contribution in [0.4, 0.5) is 0 Å². The Bertz CT molecular complexity index is 261. The summed E-state index contributed by atoms with van der Waals surface area (Å²) in [6.45, 7) is 3.70. The summed E-state index contributed by atoms with van der Waals surface area (Å²) in [6.07, 6.45) is 1.89. The molecule has 0 atom stereocenters. The summed E-state index contributed by atoms with van der Waals surface area (Å²) in [6, 6.07) is 0. The van der Waals surface area contributed by atoms with Gasteiger partial charge in [-0.05, 0) is 18.8 Å². The van der Waals surface area contributed by atoms with Gasteiger partial charge < -0.3 is 0 Å². The quantitative estimate of drug-likeness (QED) is 0.739. The minimum Gasteiger partial charge on any atom is -0.201 e. The highest BCUT2D eigenvalue weighted by molar-refractivity contribution is 7.87. The lowest BCUT2D eigenvalue weighted by molar-refractivity contribution is 0.285. The van der Waals surface area contributed by atoms with Crippen molar-refractivity contribution in [3.8, 4) is 0 Å². The van der Waals surface area contributed by atoms with Crippen LogP contribution in [0.2, 0.25) is 0 Å². The van der Waals surface area contributed by atoms with Crippen LogP contribution in [0.1, 0.15) is 19.8 Å². The standard InChI is InChI=1S/C8H17ClN2O2S/c1-8-2-6-11(7-3-8)14(12,13)10-5-4-9/h8,10H,2-7H2,1H3. The predicted molar refractivity (Wildman–Crippen MR) is 57.6 cm³/mol. The van der Waals surface area contributed by atoms with Gasteiger partial charge in [0.15, 0.2) is 0 Å². The van der Waals surface area contributed by atoms with E-state index in [1.54, 1.807) is 0 Å². The molecule has 0 spiro atoms. The summed E-state index contributed by atoms with van der Waals surface area (Å²) in [5, 5.41) is 0. The van der Waals surface area contributed by atoms with E-state index >= 15 is 0 Å². The topological polar surface area (TPSA) is 49.4 Å². The van der Waals surface area contributed by atoms with Crippen LogP contribution in [-0.2, 0) is 10.2 Å². The third kappa shape index (κ3) is 3.38. The van der Waals surface area contributed by atoms with Crippen molar-refractivity contribution in [1.29, 1.82) is 0 Å². The second-order valence-corrected chi connectivity index (χ2v) is 5.80. The molecule has 0 radical (unpaired) electrons.